The van der Waals surface area contributed by atoms with Gasteiger partial charge < -0.3 is 0 Å². The number of benzene rings is 1. The van der Waals surface area contributed by atoms with Gasteiger partial charge in [-0.15, -0.1) is 11.3 Å². The van der Waals surface area contributed by atoms with Gasteiger partial charge in [0.25, 0.3) is 5.91 Å². The van der Waals surface area contributed by atoms with Crippen molar-refractivity contribution >= 4 is 52.0 Å². The summed E-state index contributed by atoms with van der Waals surface area (Å²) in [6, 6.07) is 7.25. The highest BCUT2D eigenvalue weighted by molar-refractivity contribution is 7.16. The smallest absolute Gasteiger partial charge is 0.283 e. The molecule has 1 aliphatic carbocycles. The van der Waals surface area contributed by atoms with Gasteiger partial charge in [0, 0.05) is 34.1 Å². The molecule has 3 aromatic rings. The molecule has 1 fully saturated rings. The second kappa shape index (κ2) is 8.75. The zero-order valence-corrected chi connectivity index (χ0v) is 19.8. The molecule has 5 rings (SSSR count). The first-order chi connectivity index (χ1) is 15.0. The first-order valence-electron chi connectivity index (χ1n) is 10.4. The Morgan fingerprint density at radius 3 is 2.55 bits per heavy atom. The monoisotopic (exact) mass is 494 g/mol. The zero-order chi connectivity index (χ0) is 21.5. The van der Waals surface area contributed by atoms with E-state index in [9.17, 15) is 4.79 Å². The number of halogens is 3. The average molecular weight is 496 g/mol. The van der Waals surface area contributed by atoms with Gasteiger partial charge in [0.15, 0.2) is 5.69 Å². The van der Waals surface area contributed by atoms with Crippen LogP contribution in [-0.4, -0.2) is 33.8 Å². The molecule has 0 spiro atoms. The predicted molar refractivity (Wildman–Crippen MR) is 127 cm³/mol. The van der Waals surface area contributed by atoms with Crippen LogP contribution < -0.4 is 5.43 Å². The number of rotatable bonds is 3. The molecule has 0 bridgehead atoms. The number of carbonyl (C=O) groups excluding carboxylic acids is 1. The number of hydrogen-bond acceptors (Lipinski definition) is 4. The van der Waals surface area contributed by atoms with Gasteiger partial charge in [-0.3, -0.25) is 10.2 Å². The van der Waals surface area contributed by atoms with E-state index in [0.717, 1.165) is 59.9 Å². The van der Waals surface area contributed by atoms with E-state index in [1.807, 2.05) is 17.1 Å². The van der Waals surface area contributed by atoms with Crippen LogP contribution in [-0.2, 0) is 12.8 Å². The zero-order valence-electron chi connectivity index (χ0n) is 16.8. The molecular weight excluding hydrogens is 475 g/mol. The van der Waals surface area contributed by atoms with Crippen molar-refractivity contribution < 1.29 is 4.79 Å². The summed E-state index contributed by atoms with van der Waals surface area (Å²) in [4.78, 5) is 14.5. The number of hydrazine groups is 1. The standard InChI is InChI=1S/C22H21Cl3N4OS/c23-13-5-7-17(16(24)11-13)29-21-14(6-8-18-15(21)12-19(25)31-18)20(26-29)22(30)27-28-9-3-1-2-4-10-28/h5,7,11-12H,1-4,6,8-10H2,(H,27,30). The summed E-state index contributed by atoms with van der Waals surface area (Å²) in [5, 5.41) is 7.81. The summed E-state index contributed by atoms with van der Waals surface area (Å²) in [6.45, 7) is 1.73. The first-order valence-corrected chi connectivity index (χ1v) is 12.4. The van der Waals surface area contributed by atoms with Gasteiger partial charge in [-0.25, -0.2) is 9.69 Å². The maximum Gasteiger partial charge on any atom is 0.286 e. The van der Waals surface area contributed by atoms with Crippen LogP contribution in [0.4, 0.5) is 0 Å². The number of thiophene rings is 1. The van der Waals surface area contributed by atoms with Gasteiger partial charge in [-0.2, -0.15) is 5.10 Å². The van der Waals surface area contributed by atoms with Gasteiger partial charge in [0.2, 0.25) is 0 Å². The minimum atomic E-state index is -0.174. The summed E-state index contributed by atoms with van der Waals surface area (Å²) >= 11 is 20.5. The van der Waals surface area contributed by atoms with Crippen LogP contribution >= 0.6 is 46.1 Å². The van der Waals surface area contributed by atoms with E-state index in [2.05, 4.69) is 5.43 Å². The van der Waals surface area contributed by atoms with Gasteiger partial charge in [-0.1, -0.05) is 47.6 Å². The molecule has 3 heterocycles. The third-order valence-electron chi connectivity index (χ3n) is 5.84. The summed E-state index contributed by atoms with van der Waals surface area (Å²) < 4.78 is 2.50. The predicted octanol–water partition coefficient (Wildman–Crippen LogP) is 6.18. The second-order valence-corrected chi connectivity index (χ2v) is 10.5. The fourth-order valence-electron chi connectivity index (χ4n) is 4.37. The van der Waals surface area contributed by atoms with Gasteiger partial charge in [0.05, 0.1) is 20.7 Å². The molecule has 0 radical (unpaired) electrons. The van der Waals surface area contributed by atoms with Gasteiger partial charge >= 0.3 is 0 Å². The van der Waals surface area contributed by atoms with Crippen molar-refractivity contribution in [2.45, 2.75) is 38.5 Å². The van der Waals surface area contributed by atoms with E-state index in [1.54, 1.807) is 28.2 Å². The van der Waals surface area contributed by atoms with Crippen LogP contribution in [0.25, 0.3) is 16.9 Å². The van der Waals surface area contributed by atoms with E-state index in [0.29, 0.717) is 21.4 Å². The van der Waals surface area contributed by atoms with E-state index in [1.165, 1.54) is 17.7 Å². The number of hydrogen-bond donors (Lipinski definition) is 1. The molecule has 162 valence electrons. The first kappa shape index (κ1) is 21.3. The Morgan fingerprint density at radius 1 is 1.03 bits per heavy atom. The lowest BCUT2D eigenvalue weighted by molar-refractivity contribution is 0.0787. The molecule has 31 heavy (non-hydrogen) atoms. The number of carbonyl (C=O) groups is 1. The highest BCUT2D eigenvalue weighted by atomic mass is 35.5. The Hall–Kier alpha value is -1.57. The van der Waals surface area contributed by atoms with Gasteiger partial charge in [0.1, 0.15) is 0 Å². The van der Waals surface area contributed by atoms with E-state index in [4.69, 9.17) is 39.9 Å². The van der Waals surface area contributed by atoms with E-state index >= 15 is 0 Å². The minimum Gasteiger partial charge on any atom is -0.283 e. The molecule has 0 saturated carbocycles. The fourth-order valence-corrected chi connectivity index (χ4v) is 6.13. The molecule has 2 aromatic heterocycles. The summed E-state index contributed by atoms with van der Waals surface area (Å²) in [7, 11) is 0. The Balaban J connectivity index is 1.60. The Kier molecular flexibility index (Phi) is 6.01. The van der Waals surface area contributed by atoms with Crippen LogP contribution in [0.3, 0.4) is 0 Å². The molecule has 1 aliphatic heterocycles. The van der Waals surface area contributed by atoms with Crippen LogP contribution in [0.2, 0.25) is 14.4 Å². The summed E-state index contributed by atoms with van der Waals surface area (Å²) in [5.74, 6) is -0.174. The lowest BCUT2D eigenvalue weighted by Crippen LogP contribution is -2.43. The van der Waals surface area contributed by atoms with Crippen molar-refractivity contribution in [3.8, 4) is 16.9 Å². The van der Waals surface area contributed by atoms with Gasteiger partial charge in [-0.05, 0) is 49.9 Å². The third-order valence-corrected chi connectivity index (χ3v) is 7.70. The molecule has 1 N–H and O–H groups in total. The highest BCUT2D eigenvalue weighted by Crippen LogP contribution is 2.43. The molecule has 1 aromatic carbocycles. The lowest BCUT2D eigenvalue weighted by atomic mass is 9.94. The lowest BCUT2D eigenvalue weighted by Gasteiger charge is -2.20. The minimum absolute atomic E-state index is 0.174. The molecule has 2 aliphatic rings. The topological polar surface area (TPSA) is 50.2 Å². The maximum atomic E-state index is 13.3. The number of nitrogens with one attached hydrogen (secondary N) is 1. The number of aromatic nitrogens is 2. The fraction of sp³-hybridized carbons (Fsp3) is 0.364. The quantitative estimate of drug-likeness (QED) is 0.472. The van der Waals surface area contributed by atoms with Crippen molar-refractivity contribution in [2.75, 3.05) is 13.1 Å². The van der Waals surface area contributed by atoms with Crippen LogP contribution in [0.15, 0.2) is 24.3 Å². The van der Waals surface area contributed by atoms with Crippen molar-refractivity contribution in [2.24, 2.45) is 0 Å². The normalized spacial score (nSPS) is 16.5. The number of aryl methyl sites for hydroxylation is 1. The number of nitrogens with zero attached hydrogens (tertiary/aromatic N) is 3. The highest BCUT2D eigenvalue weighted by Gasteiger charge is 2.31. The van der Waals surface area contributed by atoms with Crippen molar-refractivity contribution in [3.05, 3.63) is 54.8 Å². The third kappa shape index (κ3) is 4.12. The van der Waals surface area contributed by atoms with Crippen molar-refractivity contribution in [1.29, 1.82) is 0 Å². The van der Waals surface area contributed by atoms with E-state index < -0.39 is 0 Å². The van der Waals surface area contributed by atoms with Crippen LogP contribution in [0, 0.1) is 0 Å². The average Bonchev–Trinajstić information content (AvgIpc) is 3.19. The molecule has 0 unspecified atom stereocenters. The van der Waals surface area contributed by atoms with Crippen molar-refractivity contribution in [1.82, 2.24) is 20.2 Å². The van der Waals surface area contributed by atoms with E-state index in [-0.39, 0.29) is 5.91 Å². The Bertz CT molecular complexity index is 1150. The summed E-state index contributed by atoms with van der Waals surface area (Å²) in [5.41, 5.74) is 7.05. The Morgan fingerprint density at radius 2 is 1.81 bits per heavy atom. The Labute approximate surface area is 199 Å². The molecule has 1 amide bonds. The number of amides is 1. The molecule has 9 heteroatoms. The second-order valence-electron chi connectivity index (χ2n) is 7.91. The number of fused-ring (bicyclic) bond motifs is 3. The largest absolute Gasteiger partial charge is 0.286 e. The molecule has 1 saturated heterocycles. The summed E-state index contributed by atoms with van der Waals surface area (Å²) in [6.07, 6.45) is 6.14. The maximum absolute atomic E-state index is 13.3. The molecule has 0 atom stereocenters. The molecule has 5 nitrogen and oxygen atoms in total. The molecular formula is C22H21Cl3N4OS. The van der Waals surface area contributed by atoms with Crippen LogP contribution in [0.5, 0.6) is 0 Å². The SMILES string of the molecule is O=C(NN1CCCCCC1)c1nn(-c2ccc(Cl)cc2Cl)c2c1CCc1sc(Cl)cc1-2. The van der Waals surface area contributed by atoms with Crippen LogP contribution in [0.1, 0.15) is 46.6 Å². The van der Waals surface area contributed by atoms with Crippen molar-refractivity contribution in [3.63, 3.8) is 0 Å².